The highest BCUT2D eigenvalue weighted by molar-refractivity contribution is 6.09. The summed E-state index contributed by atoms with van der Waals surface area (Å²) in [5.41, 5.74) is 28.4. The van der Waals surface area contributed by atoms with Crippen LogP contribution in [0.4, 0.5) is 0 Å². The molecule has 0 N–H and O–H groups in total. The monoisotopic (exact) mass is 1350 g/mol. The molecule has 0 saturated carbocycles. The molecule has 492 valence electrons. The predicted molar refractivity (Wildman–Crippen MR) is 435 cm³/mol. The fourth-order valence-corrected chi connectivity index (χ4v) is 14.7. The molecule has 0 radical (unpaired) electrons. The molecule has 21 rings (SSSR count). The summed E-state index contributed by atoms with van der Waals surface area (Å²) in [5.74, 6) is 0. The van der Waals surface area contributed by atoms with Gasteiger partial charge in [0.1, 0.15) is 0 Å². The summed E-state index contributed by atoms with van der Waals surface area (Å²) < 4.78 is 0. The van der Waals surface area contributed by atoms with Gasteiger partial charge in [-0.3, -0.25) is 19.9 Å². The van der Waals surface area contributed by atoms with E-state index in [0.29, 0.717) is 0 Å². The lowest BCUT2D eigenvalue weighted by Gasteiger charge is -2.10. The van der Waals surface area contributed by atoms with Gasteiger partial charge in [0.25, 0.3) is 0 Å². The van der Waals surface area contributed by atoms with Crippen LogP contribution in [0.25, 0.3) is 210 Å². The Labute approximate surface area is 608 Å². The van der Waals surface area contributed by atoms with E-state index in [0.717, 1.165) is 210 Å². The van der Waals surface area contributed by atoms with Crippen LogP contribution in [-0.4, -0.2) is 49.8 Å². The molecule has 0 atom stereocenters. The van der Waals surface area contributed by atoms with Crippen molar-refractivity contribution in [2.45, 2.75) is 0 Å². The zero-order chi connectivity index (χ0) is 70.0. The Balaban J connectivity index is 0.000000141. The molecular formula is C96H58N10. The molecule has 0 amide bonds. The third-order valence-corrected chi connectivity index (χ3v) is 20.3. The van der Waals surface area contributed by atoms with Crippen LogP contribution in [0.2, 0.25) is 0 Å². The van der Waals surface area contributed by atoms with E-state index in [1.54, 1.807) is 0 Å². The Morgan fingerprint density at radius 3 is 0.906 bits per heavy atom. The van der Waals surface area contributed by atoms with Gasteiger partial charge < -0.3 is 0 Å². The lowest BCUT2D eigenvalue weighted by atomic mass is 9.98. The largest absolute Gasteiger partial charge is 0.256 e. The van der Waals surface area contributed by atoms with Crippen molar-refractivity contribution in [3.63, 3.8) is 0 Å². The third-order valence-electron chi connectivity index (χ3n) is 20.3. The molecule has 21 aromatic rings. The van der Waals surface area contributed by atoms with Crippen molar-refractivity contribution in [2.75, 3.05) is 0 Å². The van der Waals surface area contributed by atoms with Gasteiger partial charge in [-0.15, -0.1) is 0 Å². The maximum Gasteiger partial charge on any atom is 0.0972 e. The Morgan fingerprint density at radius 2 is 0.453 bits per heavy atom. The van der Waals surface area contributed by atoms with E-state index in [4.69, 9.17) is 29.9 Å². The number of hydrogen-bond donors (Lipinski definition) is 0. The minimum Gasteiger partial charge on any atom is -0.256 e. The average molecular weight is 1350 g/mol. The summed E-state index contributed by atoms with van der Waals surface area (Å²) in [6.07, 6.45) is 7.34. The summed E-state index contributed by atoms with van der Waals surface area (Å²) >= 11 is 0. The number of fused-ring (bicyclic) bond motifs is 12. The fourth-order valence-electron chi connectivity index (χ4n) is 14.7. The topological polar surface area (TPSA) is 129 Å². The van der Waals surface area contributed by atoms with Crippen LogP contribution in [0.3, 0.4) is 0 Å². The second kappa shape index (κ2) is 25.8. The van der Waals surface area contributed by atoms with Crippen molar-refractivity contribution in [2.24, 2.45) is 0 Å². The molecule has 0 aliphatic carbocycles. The molecule has 0 bridgehead atoms. The maximum atomic E-state index is 5.14. The number of hydrogen-bond acceptors (Lipinski definition) is 10. The molecule has 10 aromatic heterocycles. The molecule has 0 fully saturated rings. The number of benzene rings is 11. The standard InChI is InChI=1S/C51H31N5.C45H27N5/c1-2-5-32(6-3-1)45-22-14-35-12-13-36-15-23-46(56-51(36)50(35)55-45)34-10-8-33(9-11-34)44-26-19-40-29-37(16-24-47(40)53-44)38-17-25-48-41(30-38)20-27-49(54-48)42-18-21-43-39(31-42)7-4-28-52-43;1-3-30-9-15-38-37(21-24-48-45(38)44(30)47-23-1)28-5-7-29(8-6-28)40-19-13-34-25-31(10-17-41(34)49-40)32-11-18-42-35(26-32)14-20-43(50-42)36-12-16-39-33(27-36)4-2-22-46-39/h1-31H;1-27H. The second-order valence-electron chi connectivity index (χ2n) is 26.8. The van der Waals surface area contributed by atoms with Crippen molar-refractivity contribution < 1.29 is 0 Å². The van der Waals surface area contributed by atoms with Crippen molar-refractivity contribution in [3.8, 4) is 101 Å². The lowest BCUT2D eigenvalue weighted by molar-refractivity contribution is 1.36. The van der Waals surface area contributed by atoms with Gasteiger partial charge in [0, 0.05) is 112 Å². The van der Waals surface area contributed by atoms with Crippen LogP contribution in [0.5, 0.6) is 0 Å². The van der Waals surface area contributed by atoms with Gasteiger partial charge in [0.05, 0.1) is 89.3 Å². The van der Waals surface area contributed by atoms with Gasteiger partial charge >= 0.3 is 0 Å². The first-order chi connectivity index (χ1) is 52.4. The second-order valence-corrected chi connectivity index (χ2v) is 26.8. The highest BCUT2D eigenvalue weighted by Gasteiger charge is 2.16. The van der Waals surface area contributed by atoms with E-state index in [-0.39, 0.29) is 0 Å². The van der Waals surface area contributed by atoms with Crippen LogP contribution in [0, 0.1) is 0 Å². The van der Waals surface area contributed by atoms with Gasteiger partial charge in [0.2, 0.25) is 0 Å². The van der Waals surface area contributed by atoms with Crippen LogP contribution in [-0.2, 0) is 0 Å². The van der Waals surface area contributed by atoms with Crippen LogP contribution < -0.4 is 0 Å². The summed E-state index contributed by atoms with van der Waals surface area (Å²) in [6.45, 7) is 0. The van der Waals surface area contributed by atoms with E-state index >= 15 is 0 Å². The lowest BCUT2D eigenvalue weighted by Crippen LogP contribution is -1.91. The fraction of sp³-hybridized carbons (Fsp3) is 0. The Hall–Kier alpha value is -14.5. The Bertz CT molecular complexity index is 7090. The third kappa shape index (κ3) is 11.5. The SMILES string of the molecule is c1ccc(-c2ccc3ccc4ccc(-c5ccc(-c6ccc7cc(-c8ccc9nc(-c%10ccc%11ncccc%11c%10)ccc9c8)ccc7n6)cc5)nc4c3n2)cc1.c1cnc2ccc(-c3ccc4cc(-c5ccc6nc(-c7ccc(-c8ccnc9c8ccc8cccnc89)cc7)ccc6c5)ccc4n3)cc2c1. The summed E-state index contributed by atoms with van der Waals surface area (Å²) in [7, 11) is 0. The van der Waals surface area contributed by atoms with Gasteiger partial charge in [-0.1, -0.05) is 194 Å². The maximum absolute atomic E-state index is 5.14. The van der Waals surface area contributed by atoms with E-state index < -0.39 is 0 Å². The van der Waals surface area contributed by atoms with Crippen LogP contribution >= 0.6 is 0 Å². The summed E-state index contributed by atoms with van der Waals surface area (Å²) in [4.78, 5) is 48.5. The zero-order valence-corrected chi connectivity index (χ0v) is 57.0. The Morgan fingerprint density at radius 1 is 0.151 bits per heavy atom. The molecule has 106 heavy (non-hydrogen) atoms. The van der Waals surface area contributed by atoms with E-state index in [1.165, 1.54) is 0 Å². The van der Waals surface area contributed by atoms with Crippen LogP contribution in [0.15, 0.2) is 352 Å². The number of pyridine rings is 10. The van der Waals surface area contributed by atoms with Gasteiger partial charge in [0.15, 0.2) is 0 Å². The van der Waals surface area contributed by atoms with E-state index in [2.05, 4.69) is 311 Å². The molecule has 0 aliphatic rings. The summed E-state index contributed by atoms with van der Waals surface area (Å²) in [6, 6.07) is 114. The Kier molecular flexibility index (Phi) is 15.0. The molecule has 0 spiro atoms. The minimum atomic E-state index is 0.905. The highest BCUT2D eigenvalue weighted by atomic mass is 14.8. The molecule has 11 aromatic carbocycles. The number of nitrogens with zero attached hydrogens (tertiary/aromatic N) is 10. The first-order valence-corrected chi connectivity index (χ1v) is 35.4. The summed E-state index contributed by atoms with van der Waals surface area (Å²) in [5, 5.41) is 11.0. The molecule has 10 heteroatoms. The van der Waals surface area contributed by atoms with Crippen molar-refractivity contribution in [3.05, 3.63) is 352 Å². The minimum absolute atomic E-state index is 0.905. The molecule has 0 unspecified atom stereocenters. The molecular weight excluding hydrogens is 1290 g/mol. The van der Waals surface area contributed by atoms with Crippen molar-refractivity contribution in [1.82, 2.24) is 49.8 Å². The molecule has 10 heterocycles. The van der Waals surface area contributed by atoms with E-state index in [1.807, 2.05) is 61.2 Å². The number of rotatable bonds is 9. The first-order valence-electron chi connectivity index (χ1n) is 35.4. The average Bonchev–Trinajstić information content (AvgIpc) is 0.776. The smallest absolute Gasteiger partial charge is 0.0972 e. The first kappa shape index (κ1) is 61.4. The van der Waals surface area contributed by atoms with Crippen LogP contribution in [0.1, 0.15) is 0 Å². The van der Waals surface area contributed by atoms with Crippen molar-refractivity contribution >= 4 is 109 Å². The molecule has 10 nitrogen and oxygen atoms in total. The molecule has 0 aliphatic heterocycles. The zero-order valence-electron chi connectivity index (χ0n) is 57.0. The van der Waals surface area contributed by atoms with E-state index in [9.17, 15) is 0 Å². The quantitative estimate of drug-likeness (QED) is 0.129. The number of aromatic nitrogens is 10. The predicted octanol–water partition coefficient (Wildman–Crippen LogP) is 23.9. The van der Waals surface area contributed by atoms with Gasteiger partial charge in [-0.05, 0) is 167 Å². The molecule has 0 saturated heterocycles. The highest BCUT2D eigenvalue weighted by Crippen LogP contribution is 2.37. The van der Waals surface area contributed by atoms with Gasteiger partial charge in [-0.2, -0.15) is 0 Å². The van der Waals surface area contributed by atoms with Gasteiger partial charge in [-0.25, -0.2) is 29.9 Å². The van der Waals surface area contributed by atoms with Crippen molar-refractivity contribution in [1.29, 1.82) is 0 Å². The normalized spacial score (nSPS) is 11.6.